The van der Waals surface area contributed by atoms with Gasteiger partial charge in [-0.05, 0) is 13.0 Å². The third-order valence-corrected chi connectivity index (χ3v) is 7.29. The van der Waals surface area contributed by atoms with Crippen LogP contribution >= 0.6 is 0 Å². The van der Waals surface area contributed by atoms with Crippen LogP contribution in [0.25, 0.3) is 0 Å². The van der Waals surface area contributed by atoms with E-state index in [2.05, 4.69) is 44.1 Å². The molecule has 3 heterocycles. The quantitative estimate of drug-likeness (QED) is 0.190. The summed E-state index contributed by atoms with van der Waals surface area (Å²) < 4.78 is 0. The van der Waals surface area contributed by atoms with Crippen molar-refractivity contribution in [1.29, 1.82) is 0 Å². The van der Waals surface area contributed by atoms with E-state index in [1.807, 2.05) is 0 Å². The Kier molecular flexibility index (Phi) is 16.6. The standard InChI is InChI=1S/C26H58N8/c1-2-3-4-5-6-7-8-9-10-11-12-34-26-22-31-16-13-28-19-25(27,20-29-14-17-32-23-26)21-30-15-18-33-24-26/h28-34H,2-24,27H2,1H3. The summed E-state index contributed by atoms with van der Waals surface area (Å²) >= 11 is 0. The first-order valence-corrected chi connectivity index (χ1v) is 14.5. The van der Waals surface area contributed by atoms with Gasteiger partial charge in [0.15, 0.2) is 0 Å². The van der Waals surface area contributed by atoms with Gasteiger partial charge in [0.25, 0.3) is 0 Å². The second-order valence-corrected chi connectivity index (χ2v) is 10.8. The summed E-state index contributed by atoms with van der Waals surface area (Å²) in [6.45, 7) is 14.4. The van der Waals surface area contributed by atoms with Crippen LogP contribution in [0.1, 0.15) is 71.1 Å². The molecule has 3 aliphatic heterocycles. The summed E-state index contributed by atoms with van der Waals surface area (Å²) in [4.78, 5) is 0. The van der Waals surface area contributed by atoms with Gasteiger partial charge in [-0.2, -0.15) is 0 Å². The molecular formula is C26H58N8. The van der Waals surface area contributed by atoms with E-state index in [9.17, 15) is 0 Å². The SMILES string of the molecule is CCCCCCCCCCCCNC12CNCCNCC(N)(CNCCNC1)CNCCNC2. The van der Waals surface area contributed by atoms with Crippen LogP contribution in [0, 0.1) is 0 Å². The van der Waals surface area contributed by atoms with E-state index in [-0.39, 0.29) is 11.1 Å². The second-order valence-electron chi connectivity index (χ2n) is 10.8. The largest absolute Gasteiger partial charge is 0.322 e. The molecular weight excluding hydrogens is 424 g/mol. The van der Waals surface area contributed by atoms with Crippen LogP contribution < -0.4 is 43.0 Å². The molecule has 8 heteroatoms. The van der Waals surface area contributed by atoms with Crippen molar-refractivity contribution in [3.8, 4) is 0 Å². The Morgan fingerprint density at radius 1 is 0.529 bits per heavy atom. The van der Waals surface area contributed by atoms with Gasteiger partial charge >= 0.3 is 0 Å². The highest BCUT2D eigenvalue weighted by Crippen LogP contribution is 2.11. The minimum absolute atomic E-state index is 0.0190. The maximum Gasteiger partial charge on any atom is 0.0558 e. The molecule has 0 aromatic rings. The van der Waals surface area contributed by atoms with Crippen LogP contribution in [0.4, 0.5) is 0 Å². The van der Waals surface area contributed by atoms with E-state index in [1.165, 1.54) is 64.2 Å². The number of hydrogen-bond acceptors (Lipinski definition) is 8. The Morgan fingerprint density at radius 2 is 0.882 bits per heavy atom. The first-order chi connectivity index (χ1) is 16.7. The van der Waals surface area contributed by atoms with Gasteiger partial charge in [0, 0.05) is 78.5 Å². The van der Waals surface area contributed by atoms with Gasteiger partial charge in [-0.25, -0.2) is 0 Å². The van der Waals surface area contributed by atoms with E-state index < -0.39 is 0 Å². The molecule has 3 saturated heterocycles. The van der Waals surface area contributed by atoms with E-state index in [4.69, 9.17) is 5.73 Å². The molecule has 0 spiro atoms. The van der Waals surface area contributed by atoms with Gasteiger partial charge in [-0.3, -0.25) is 0 Å². The highest BCUT2D eigenvalue weighted by molar-refractivity contribution is 4.96. The Morgan fingerprint density at radius 3 is 1.29 bits per heavy atom. The Bertz CT molecular complexity index is 432. The smallest absolute Gasteiger partial charge is 0.0558 e. The van der Waals surface area contributed by atoms with Crippen molar-refractivity contribution in [2.45, 2.75) is 82.2 Å². The highest BCUT2D eigenvalue weighted by atomic mass is 15.1. The topological polar surface area (TPSA) is 110 Å². The molecule has 0 aliphatic carbocycles. The molecule has 0 aromatic carbocycles. The van der Waals surface area contributed by atoms with Gasteiger partial charge in [-0.1, -0.05) is 64.7 Å². The second kappa shape index (κ2) is 18.9. The van der Waals surface area contributed by atoms with Crippen molar-refractivity contribution in [3.05, 3.63) is 0 Å². The maximum absolute atomic E-state index is 6.69. The average Bonchev–Trinajstić information content (AvgIpc) is 2.83. The minimum Gasteiger partial charge on any atom is -0.322 e. The monoisotopic (exact) mass is 482 g/mol. The zero-order valence-corrected chi connectivity index (χ0v) is 22.3. The van der Waals surface area contributed by atoms with Gasteiger partial charge in [0.05, 0.1) is 11.1 Å². The lowest BCUT2D eigenvalue weighted by Crippen LogP contribution is -2.66. The van der Waals surface area contributed by atoms with E-state index in [0.29, 0.717) is 0 Å². The molecule has 0 amide bonds. The van der Waals surface area contributed by atoms with Crippen molar-refractivity contribution in [2.75, 3.05) is 85.1 Å². The summed E-state index contributed by atoms with van der Waals surface area (Å²) in [7, 11) is 0. The Balaban J connectivity index is 1.78. The van der Waals surface area contributed by atoms with Gasteiger partial charge < -0.3 is 43.0 Å². The molecule has 8 nitrogen and oxygen atoms in total. The summed E-state index contributed by atoms with van der Waals surface area (Å²) in [5.74, 6) is 0. The summed E-state index contributed by atoms with van der Waals surface area (Å²) in [6.07, 6.45) is 13.8. The molecule has 202 valence electrons. The van der Waals surface area contributed by atoms with Crippen LogP contribution in [0.2, 0.25) is 0 Å². The fourth-order valence-electron chi connectivity index (χ4n) is 5.05. The van der Waals surface area contributed by atoms with E-state index >= 15 is 0 Å². The summed E-state index contributed by atoms with van der Waals surface area (Å²) in [5, 5.41) is 25.8. The number of hydrogen-bond donors (Lipinski definition) is 8. The lowest BCUT2D eigenvalue weighted by Gasteiger charge is -2.37. The van der Waals surface area contributed by atoms with Crippen molar-refractivity contribution in [1.82, 2.24) is 37.2 Å². The van der Waals surface area contributed by atoms with Crippen LogP contribution in [-0.4, -0.2) is 96.2 Å². The number of fused-ring (bicyclic) bond motifs is 15. The molecule has 0 aromatic heterocycles. The normalized spacial score (nSPS) is 28.4. The molecule has 0 atom stereocenters. The first kappa shape index (κ1) is 29.9. The van der Waals surface area contributed by atoms with Crippen molar-refractivity contribution in [2.24, 2.45) is 5.73 Å². The number of nitrogens with one attached hydrogen (secondary N) is 7. The fourth-order valence-corrected chi connectivity index (χ4v) is 5.05. The molecule has 0 saturated carbocycles. The van der Waals surface area contributed by atoms with Gasteiger partial charge in [0.1, 0.15) is 0 Å². The van der Waals surface area contributed by atoms with Crippen LogP contribution in [0.3, 0.4) is 0 Å². The molecule has 34 heavy (non-hydrogen) atoms. The molecule has 2 bridgehead atoms. The number of rotatable bonds is 12. The lowest BCUT2D eigenvalue weighted by molar-refractivity contribution is 0.269. The molecule has 3 rings (SSSR count). The van der Waals surface area contributed by atoms with Crippen LogP contribution in [0.5, 0.6) is 0 Å². The first-order valence-electron chi connectivity index (χ1n) is 14.5. The maximum atomic E-state index is 6.69. The zero-order chi connectivity index (χ0) is 24.2. The molecule has 0 radical (unpaired) electrons. The van der Waals surface area contributed by atoms with Gasteiger partial charge in [-0.15, -0.1) is 0 Å². The third-order valence-electron chi connectivity index (χ3n) is 7.29. The average molecular weight is 483 g/mol. The molecule has 3 aliphatic rings. The zero-order valence-electron chi connectivity index (χ0n) is 22.3. The highest BCUT2D eigenvalue weighted by Gasteiger charge is 2.29. The van der Waals surface area contributed by atoms with Crippen molar-refractivity contribution >= 4 is 0 Å². The van der Waals surface area contributed by atoms with Gasteiger partial charge in [0.2, 0.25) is 0 Å². The lowest BCUT2D eigenvalue weighted by atomic mass is 9.97. The van der Waals surface area contributed by atoms with E-state index in [0.717, 1.165) is 85.1 Å². The third kappa shape index (κ3) is 13.7. The van der Waals surface area contributed by atoms with Crippen LogP contribution in [0.15, 0.2) is 0 Å². The number of unbranched alkanes of at least 4 members (excludes halogenated alkanes) is 9. The van der Waals surface area contributed by atoms with Crippen molar-refractivity contribution < 1.29 is 0 Å². The Hall–Kier alpha value is -0.320. The predicted molar refractivity (Wildman–Crippen MR) is 147 cm³/mol. The molecule has 9 N–H and O–H groups in total. The fraction of sp³-hybridized carbons (Fsp3) is 1.00. The van der Waals surface area contributed by atoms with Crippen LogP contribution in [-0.2, 0) is 0 Å². The number of nitrogens with two attached hydrogens (primary N) is 1. The van der Waals surface area contributed by atoms with Crippen molar-refractivity contribution in [3.63, 3.8) is 0 Å². The molecule has 3 fully saturated rings. The summed E-state index contributed by atoms with van der Waals surface area (Å²) in [5.41, 5.74) is 6.44. The Labute approximate surface area is 210 Å². The minimum atomic E-state index is -0.269. The predicted octanol–water partition coefficient (Wildman–Crippen LogP) is 0.498. The van der Waals surface area contributed by atoms with E-state index in [1.54, 1.807) is 0 Å². The summed E-state index contributed by atoms with van der Waals surface area (Å²) in [6, 6.07) is 0. The molecule has 0 unspecified atom stereocenters.